The molecule has 0 spiro atoms. The molecule has 4 heteroatoms. The maximum absolute atomic E-state index is 11.8. The number of carboxylic acids is 1. The molecule has 0 aromatic heterocycles. The number of hydrogen-bond acceptors (Lipinski definition) is 2. The predicted molar refractivity (Wildman–Crippen MR) is 72.3 cm³/mol. The standard InChI is InChI=1S/C14H27NO3/c1-10(2)14(6,12(17)18)9-11(16)15-8-7-13(3,4)5/h10H,7-9H2,1-6H3,(H,15,16)(H,17,18). The molecule has 0 aliphatic heterocycles. The van der Waals surface area contributed by atoms with Crippen molar-refractivity contribution in [2.75, 3.05) is 6.54 Å². The van der Waals surface area contributed by atoms with Crippen molar-refractivity contribution in [3.05, 3.63) is 0 Å². The molecule has 0 saturated heterocycles. The summed E-state index contributed by atoms with van der Waals surface area (Å²) in [5, 5.41) is 12.0. The molecule has 0 heterocycles. The van der Waals surface area contributed by atoms with E-state index in [0.717, 1.165) is 6.42 Å². The van der Waals surface area contributed by atoms with E-state index in [2.05, 4.69) is 26.1 Å². The van der Waals surface area contributed by atoms with Gasteiger partial charge in [0.2, 0.25) is 5.91 Å². The minimum atomic E-state index is -0.994. The predicted octanol–water partition coefficient (Wildman–Crippen LogP) is 2.68. The van der Waals surface area contributed by atoms with Gasteiger partial charge in [-0.25, -0.2) is 0 Å². The fraction of sp³-hybridized carbons (Fsp3) is 0.857. The van der Waals surface area contributed by atoms with E-state index in [9.17, 15) is 14.7 Å². The van der Waals surface area contributed by atoms with Gasteiger partial charge in [-0.3, -0.25) is 9.59 Å². The summed E-state index contributed by atoms with van der Waals surface area (Å²) in [6, 6.07) is 0. The van der Waals surface area contributed by atoms with Gasteiger partial charge in [0, 0.05) is 13.0 Å². The third-order valence-corrected chi connectivity index (χ3v) is 3.49. The summed E-state index contributed by atoms with van der Waals surface area (Å²) in [7, 11) is 0. The molecule has 1 atom stereocenters. The Labute approximate surface area is 110 Å². The van der Waals surface area contributed by atoms with Crippen LogP contribution in [0.25, 0.3) is 0 Å². The number of nitrogens with one attached hydrogen (secondary N) is 1. The molecule has 0 rings (SSSR count). The number of aliphatic carboxylic acids is 1. The van der Waals surface area contributed by atoms with Gasteiger partial charge in [-0.15, -0.1) is 0 Å². The Morgan fingerprint density at radius 3 is 2.00 bits per heavy atom. The van der Waals surface area contributed by atoms with E-state index in [1.807, 2.05) is 13.8 Å². The van der Waals surface area contributed by atoms with Crippen LogP contribution >= 0.6 is 0 Å². The zero-order chi connectivity index (χ0) is 14.6. The number of hydrogen-bond donors (Lipinski definition) is 2. The third-order valence-electron chi connectivity index (χ3n) is 3.49. The maximum atomic E-state index is 11.8. The molecule has 0 aliphatic carbocycles. The average molecular weight is 257 g/mol. The van der Waals surface area contributed by atoms with Crippen LogP contribution in [0.4, 0.5) is 0 Å². The second-order valence-corrected chi connectivity index (χ2v) is 6.71. The summed E-state index contributed by atoms with van der Waals surface area (Å²) < 4.78 is 0. The van der Waals surface area contributed by atoms with Crippen molar-refractivity contribution in [3.63, 3.8) is 0 Å². The first kappa shape index (κ1) is 16.9. The second-order valence-electron chi connectivity index (χ2n) is 6.71. The zero-order valence-corrected chi connectivity index (χ0v) is 12.5. The normalized spacial score (nSPS) is 15.3. The van der Waals surface area contributed by atoms with Crippen LogP contribution in [0.15, 0.2) is 0 Å². The van der Waals surface area contributed by atoms with Crippen LogP contribution in [0.1, 0.15) is 54.4 Å². The number of rotatable bonds is 6. The van der Waals surface area contributed by atoms with Crippen LogP contribution in [0.3, 0.4) is 0 Å². The zero-order valence-electron chi connectivity index (χ0n) is 12.5. The molecule has 0 aromatic carbocycles. The number of amides is 1. The highest BCUT2D eigenvalue weighted by atomic mass is 16.4. The van der Waals surface area contributed by atoms with Gasteiger partial charge in [-0.2, -0.15) is 0 Å². The van der Waals surface area contributed by atoms with E-state index in [1.165, 1.54) is 0 Å². The quantitative estimate of drug-likeness (QED) is 0.768. The Morgan fingerprint density at radius 2 is 1.67 bits per heavy atom. The molecule has 0 aromatic rings. The smallest absolute Gasteiger partial charge is 0.310 e. The van der Waals surface area contributed by atoms with E-state index in [4.69, 9.17) is 0 Å². The van der Waals surface area contributed by atoms with Crippen molar-refractivity contribution in [1.82, 2.24) is 5.32 Å². The van der Waals surface area contributed by atoms with Gasteiger partial charge in [-0.05, 0) is 24.7 Å². The first-order valence-electron chi connectivity index (χ1n) is 6.49. The highest BCUT2D eigenvalue weighted by Crippen LogP contribution is 2.31. The molecule has 106 valence electrons. The lowest BCUT2D eigenvalue weighted by Crippen LogP contribution is -2.39. The molecular weight excluding hydrogens is 230 g/mol. The molecule has 0 fully saturated rings. The van der Waals surface area contributed by atoms with Gasteiger partial charge in [0.1, 0.15) is 0 Å². The third kappa shape index (κ3) is 5.52. The molecule has 1 amide bonds. The summed E-state index contributed by atoms with van der Waals surface area (Å²) >= 11 is 0. The van der Waals surface area contributed by atoms with E-state index in [-0.39, 0.29) is 23.7 Å². The lowest BCUT2D eigenvalue weighted by molar-refractivity contribution is -0.153. The molecule has 0 saturated carbocycles. The van der Waals surface area contributed by atoms with Crippen molar-refractivity contribution in [2.24, 2.45) is 16.7 Å². The molecule has 1 unspecified atom stereocenters. The van der Waals surface area contributed by atoms with Gasteiger partial charge in [0.05, 0.1) is 5.41 Å². The van der Waals surface area contributed by atoms with Crippen LogP contribution in [-0.4, -0.2) is 23.5 Å². The van der Waals surface area contributed by atoms with Gasteiger partial charge in [0.15, 0.2) is 0 Å². The number of carbonyl (C=O) groups excluding carboxylic acids is 1. The van der Waals surface area contributed by atoms with Gasteiger partial charge < -0.3 is 10.4 Å². The Bertz CT molecular complexity index is 305. The van der Waals surface area contributed by atoms with Crippen LogP contribution in [0, 0.1) is 16.7 Å². The average Bonchev–Trinajstić information content (AvgIpc) is 2.14. The van der Waals surface area contributed by atoms with Gasteiger partial charge in [-0.1, -0.05) is 34.6 Å². The summed E-state index contributed by atoms with van der Waals surface area (Å²) in [5.41, 5.74) is -0.826. The summed E-state index contributed by atoms with van der Waals surface area (Å²) in [6.45, 7) is 12.2. The summed E-state index contributed by atoms with van der Waals surface area (Å²) in [5.74, 6) is -1.18. The second kappa shape index (κ2) is 6.21. The monoisotopic (exact) mass is 257 g/mol. The van der Waals surface area contributed by atoms with Gasteiger partial charge in [0.25, 0.3) is 0 Å². The van der Waals surface area contributed by atoms with Crippen molar-refractivity contribution in [1.29, 1.82) is 0 Å². The largest absolute Gasteiger partial charge is 0.481 e. The van der Waals surface area contributed by atoms with Crippen molar-refractivity contribution >= 4 is 11.9 Å². The molecule has 0 aliphatic rings. The Morgan fingerprint density at radius 1 is 1.17 bits per heavy atom. The topological polar surface area (TPSA) is 66.4 Å². The molecule has 0 bridgehead atoms. The lowest BCUT2D eigenvalue weighted by Gasteiger charge is -2.28. The highest BCUT2D eigenvalue weighted by molar-refractivity contribution is 5.84. The summed E-state index contributed by atoms with van der Waals surface area (Å²) in [4.78, 5) is 23.0. The van der Waals surface area contributed by atoms with Crippen molar-refractivity contribution in [3.8, 4) is 0 Å². The van der Waals surface area contributed by atoms with Crippen molar-refractivity contribution in [2.45, 2.75) is 54.4 Å². The number of carbonyl (C=O) groups is 2. The van der Waals surface area contributed by atoms with Crippen LogP contribution in [0.2, 0.25) is 0 Å². The fourth-order valence-corrected chi connectivity index (χ4v) is 1.50. The fourth-order valence-electron chi connectivity index (χ4n) is 1.50. The first-order chi connectivity index (χ1) is 7.99. The van der Waals surface area contributed by atoms with E-state index < -0.39 is 11.4 Å². The molecule has 0 radical (unpaired) electrons. The SMILES string of the molecule is CC(C)C(C)(CC(=O)NCCC(C)(C)C)C(=O)O. The van der Waals surface area contributed by atoms with Gasteiger partial charge >= 0.3 is 5.97 Å². The van der Waals surface area contributed by atoms with Crippen LogP contribution in [-0.2, 0) is 9.59 Å². The summed E-state index contributed by atoms with van der Waals surface area (Å²) in [6.07, 6.45) is 0.911. The maximum Gasteiger partial charge on any atom is 0.310 e. The minimum Gasteiger partial charge on any atom is -0.481 e. The first-order valence-corrected chi connectivity index (χ1v) is 6.49. The van der Waals surface area contributed by atoms with Crippen LogP contribution in [0.5, 0.6) is 0 Å². The van der Waals surface area contributed by atoms with E-state index in [1.54, 1.807) is 6.92 Å². The molecule has 4 nitrogen and oxygen atoms in total. The Hall–Kier alpha value is -1.06. The van der Waals surface area contributed by atoms with Crippen molar-refractivity contribution < 1.29 is 14.7 Å². The van der Waals surface area contributed by atoms with Crippen LogP contribution < -0.4 is 5.32 Å². The molecule has 18 heavy (non-hydrogen) atoms. The van der Waals surface area contributed by atoms with E-state index in [0.29, 0.717) is 6.54 Å². The Balaban J connectivity index is 4.34. The molecular formula is C14H27NO3. The highest BCUT2D eigenvalue weighted by Gasteiger charge is 2.38. The lowest BCUT2D eigenvalue weighted by atomic mass is 9.76. The number of carboxylic acid groups (broad SMARTS) is 1. The minimum absolute atomic E-state index is 0.0319. The molecule has 2 N–H and O–H groups in total. The van der Waals surface area contributed by atoms with E-state index >= 15 is 0 Å². The Kier molecular flexibility index (Phi) is 5.84.